The molecule has 0 aliphatic heterocycles. The Morgan fingerprint density at radius 3 is 2.25 bits per heavy atom. The Hall–Kier alpha value is -1.84. The zero-order valence-corrected chi connectivity index (χ0v) is 11.9. The minimum absolute atomic E-state index is 0.0832. The Labute approximate surface area is 119 Å². The first kappa shape index (κ1) is 14.6. The molecule has 0 saturated heterocycles. The van der Waals surface area contributed by atoms with Crippen molar-refractivity contribution in [2.45, 2.75) is 38.5 Å². The second-order valence-corrected chi connectivity index (χ2v) is 5.34. The molecule has 1 aromatic rings. The predicted octanol–water partition coefficient (Wildman–Crippen LogP) is 2.21. The first-order chi connectivity index (χ1) is 9.66. The standard InChI is InChI=1S/C16H22N2O2/c1-12(19)17-10-11-18-16(20)15-8-6-14(7-9-15)13-4-2-3-5-13/h6-9,13H,2-5,10-11H2,1H3,(H,17,19)(H,18,20). The van der Waals surface area contributed by atoms with E-state index >= 15 is 0 Å². The Morgan fingerprint density at radius 1 is 1.05 bits per heavy atom. The van der Waals surface area contributed by atoms with Crippen LogP contribution in [0.4, 0.5) is 0 Å². The number of nitrogens with one attached hydrogen (secondary N) is 2. The Morgan fingerprint density at radius 2 is 1.65 bits per heavy atom. The molecule has 0 spiro atoms. The van der Waals surface area contributed by atoms with Gasteiger partial charge >= 0.3 is 0 Å². The van der Waals surface area contributed by atoms with E-state index in [2.05, 4.69) is 22.8 Å². The predicted molar refractivity (Wildman–Crippen MR) is 78.7 cm³/mol. The van der Waals surface area contributed by atoms with Crippen LogP contribution >= 0.6 is 0 Å². The molecule has 4 heteroatoms. The number of hydrogen-bond acceptors (Lipinski definition) is 2. The van der Waals surface area contributed by atoms with E-state index in [0.717, 1.165) is 0 Å². The zero-order valence-electron chi connectivity index (χ0n) is 11.9. The highest BCUT2D eigenvalue weighted by Crippen LogP contribution is 2.33. The molecule has 1 aliphatic carbocycles. The molecule has 0 heterocycles. The van der Waals surface area contributed by atoms with Crippen molar-refractivity contribution in [3.8, 4) is 0 Å². The van der Waals surface area contributed by atoms with Gasteiger partial charge in [0.2, 0.25) is 5.91 Å². The quantitative estimate of drug-likeness (QED) is 0.809. The van der Waals surface area contributed by atoms with E-state index in [1.807, 2.05) is 12.1 Å². The van der Waals surface area contributed by atoms with Gasteiger partial charge in [-0.05, 0) is 36.5 Å². The van der Waals surface area contributed by atoms with Crippen molar-refractivity contribution < 1.29 is 9.59 Å². The Kier molecular flexibility index (Phi) is 5.16. The van der Waals surface area contributed by atoms with Gasteiger partial charge in [-0.15, -0.1) is 0 Å². The highest BCUT2D eigenvalue weighted by Gasteiger charge is 2.17. The number of carbonyl (C=O) groups excluding carboxylic acids is 2. The molecule has 1 aliphatic rings. The maximum Gasteiger partial charge on any atom is 0.251 e. The Bertz CT molecular complexity index is 462. The number of carbonyl (C=O) groups is 2. The first-order valence-corrected chi connectivity index (χ1v) is 7.29. The van der Waals surface area contributed by atoms with Crippen molar-refractivity contribution >= 4 is 11.8 Å². The van der Waals surface area contributed by atoms with Crippen LogP contribution < -0.4 is 10.6 Å². The van der Waals surface area contributed by atoms with Gasteiger partial charge in [-0.3, -0.25) is 9.59 Å². The largest absolute Gasteiger partial charge is 0.355 e. The molecule has 2 amide bonds. The summed E-state index contributed by atoms with van der Waals surface area (Å²) in [4.78, 5) is 22.6. The summed E-state index contributed by atoms with van der Waals surface area (Å²) in [5.41, 5.74) is 2.02. The molecule has 4 nitrogen and oxygen atoms in total. The fourth-order valence-corrected chi connectivity index (χ4v) is 2.68. The topological polar surface area (TPSA) is 58.2 Å². The summed E-state index contributed by atoms with van der Waals surface area (Å²) >= 11 is 0. The SMILES string of the molecule is CC(=O)NCCNC(=O)c1ccc(C2CCCC2)cc1. The summed E-state index contributed by atoms with van der Waals surface area (Å²) in [7, 11) is 0. The number of benzene rings is 1. The molecule has 2 N–H and O–H groups in total. The molecule has 0 aromatic heterocycles. The van der Waals surface area contributed by atoms with E-state index in [1.54, 1.807) is 0 Å². The number of rotatable bonds is 5. The summed E-state index contributed by atoms with van der Waals surface area (Å²) in [6.07, 6.45) is 5.16. The first-order valence-electron chi connectivity index (χ1n) is 7.29. The molecular formula is C16H22N2O2. The number of amides is 2. The van der Waals surface area contributed by atoms with Crippen LogP contribution in [-0.2, 0) is 4.79 Å². The van der Waals surface area contributed by atoms with Crippen molar-refractivity contribution in [2.75, 3.05) is 13.1 Å². The third-order valence-electron chi connectivity index (χ3n) is 3.78. The highest BCUT2D eigenvalue weighted by atomic mass is 16.2. The molecule has 1 aromatic carbocycles. The van der Waals surface area contributed by atoms with Gasteiger partial charge in [-0.2, -0.15) is 0 Å². The molecule has 20 heavy (non-hydrogen) atoms. The minimum atomic E-state index is -0.0895. The summed E-state index contributed by atoms with van der Waals surface area (Å²) in [6, 6.07) is 7.92. The van der Waals surface area contributed by atoms with Gasteiger partial charge in [0, 0.05) is 25.6 Å². The van der Waals surface area contributed by atoms with Gasteiger partial charge < -0.3 is 10.6 Å². The fraction of sp³-hybridized carbons (Fsp3) is 0.500. The van der Waals surface area contributed by atoms with Crippen LogP contribution in [0, 0.1) is 0 Å². The van der Waals surface area contributed by atoms with Crippen LogP contribution in [0.15, 0.2) is 24.3 Å². The van der Waals surface area contributed by atoms with Gasteiger partial charge in [0.15, 0.2) is 0 Å². The van der Waals surface area contributed by atoms with Crippen LogP contribution in [0.5, 0.6) is 0 Å². The van der Waals surface area contributed by atoms with Crippen LogP contribution in [0.1, 0.15) is 54.4 Å². The third kappa shape index (κ3) is 4.08. The van der Waals surface area contributed by atoms with E-state index in [1.165, 1.54) is 38.2 Å². The minimum Gasteiger partial charge on any atom is -0.355 e. The van der Waals surface area contributed by atoms with E-state index in [9.17, 15) is 9.59 Å². The normalized spacial score (nSPS) is 15.1. The van der Waals surface area contributed by atoms with Crippen molar-refractivity contribution in [1.29, 1.82) is 0 Å². The molecule has 0 atom stereocenters. The summed E-state index contributed by atoms with van der Waals surface area (Å²) in [6.45, 7) is 2.37. The second-order valence-electron chi connectivity index (χ2n) is 5.34. The van der Waals surface area contributed by atoms with E-state index in [-0.39, 0.29) is 11.8 Å². The van der Waals surface area contributed by atoms with Gasteiger partial charge in [0.25, 0.3) is 5.91 Å². The maximum absolute atomic E-state index is 11.9. The zero-order chi connectivity index (χ0) is 14.4. The molecule has 0 radical (unpaired) electrons. The lowest BCUT2D eigenvalue weighted by atomic mass is 9.96. The van der Waals surface area contributed by atoms with E-state index in [0.29, 0.717) is 24.6 Å². The van der Waals surface area contributed by atoms with Gasteiger partial charge in [-0.1, -0.05) is 25.0 Å². The van der Waals surface area contributed by atoms with Crippen molar-refractivity contribution in [3.63, 3.8) is 0 Å². The molecule has 1 saturated carbocycles. The monoisotopic (exact) mass is 274 g/mol. The Balaban J connectivity index is 1.82. The summed E-state index contributed by atoms with van der Waals surface area (Å²) in [5, 5.41) is 5.43. The second kappa shape index (κ2) is 7.08. The molecular weight excluding hydrogens is 252 g/mol. The van der Waals surface area contributed by atoms with Gasteiger partial charge in [0.05, 0.1) is 0 Å². The molecule has 108 valence electrons. The molecule has 1 fully saturated rings. The lowest BCUT2D eigenvalue weighted by Gasteiger charge is -2.10. The van der Waals surface area contributed by atoms with Crippen LogP contribution in [-0.4, -0.2) is 24.9 Å². The maximum atomic E-state index is 11.9. The lowest BCUT2D eigenvalue weighted by Crippen LogP contribution is -2.33. The van der Waals surface area contributed by atoms with Gasteiger partial charge in [-0.25, -0.2) is 0 Å². The van der Waals surface area contributed by atoms with Crippen LogP contribution in [0.3, 0.4) is 0 Å². The van der Waals surface area contributed by atoms with E-state index in [4.69, 9.17) is 0 Å². The molecule has 0 unspecified atom stereocenters. The summed E-state index contributed by atoms with van der Waals surface area (Å²) < 4.78 is 0. The lowest BCUT2D eigenvalue weighted by molar-refractivity contribution is -0.118. The average molecular weight is 274 g/mol. The molecule has 2 rings (SSSR count). The van der Waals surface area contributed by atoms with Gasteiger partial charge in [0.1, 0.15) is 0 Å². The smallest absolute Gasteiger partial charge is 0.251 e. The summed E-state index contributed by atoms with van der Waals surface area (Å²) in [5.74, 6) is 0.500. The average Bonchev–Trinajstić information content (AvgIpc) is 2.97. The third-order valence-corrected chi connectivity index (χ3v) is 3.78. The van der Waals surface area contributed by atoms with Crippen molar-refractivity contribution in [3.05, 3.63) is 35.4 Å². The number of hydrogen-bond donors (Lipinski definition) is 2. The van der Waals surface area contributed by atoms with E-state index < -0.39 is 0 Å². The fourth-order valence-electron chi connectivity index (χ4n) is 2.68. The van der Waals surface area contributed by atoms with Crippen LogP contribution in [0.25, 0.3) is 0 Å². The van der Waals surface area contributed by atoms with Crippen LogP contribution in [0.2, 0.25) is 0 Å². The van der Waals surface area contributed by atoms with Crippen molar-refractivity contribution in [1.82, 2.24) is 10.6 Å². The van der Waals surface area contributed by atoms with Crippen molar-refractivity contribution in [2.24, 2.45) is 0 Å². The molecule has 0 bridgehead atoms. The highest BCUT2D eigenvalue weighted by molar-refractivity contribution is 5.94.